The van der Waals surface area contributed by atoms with Crippen LogP contribution in [0.2, 0.25) is 0 Å². The van der Waals surface area contributed by atoms with Gasteiger partial charge in [-0.05, 0) is 43.4 Å². The van der Waals surface area contributed by atoms with Gasteiger partial charge in [-0.25, -0.2) is 9.13 Å². The Kier molecular flexibility index (Phi) is 68.1. The molecule has 7 atom stereocenters. The molecule has 0 rings (SSSR count). The Hall–Kier alpha value is -1.94. The Bertz CT molecular complexity index is 1910. The zero-order valence-electron chi connectivity index (χ0n) is 64.3. The molecule has 0 aromatic rings. The highest BCUT2D eigenvalue weighted by atomic mass is 31.2. The molecule has 0 radical (unpaired) electrons. The molecule has 0 spiro atoms. The fourth-order valence-electron chi connectivity index (χ4n) is 12.1. The highest BCUT2D eigenvalue weighted by molar-refractivity contribution is 7.47. The fourth-order valence-corrected chi connectivity index (χ4v) is 13.6. The van der Waals surface area contributed by atoms with E-state index in [1.165, 1.54) is 212 Å². The monoisotopic (exact) mass is 1440 g/mol. The van der Waals surface area contributed by atoms with Gasteiger partial charge in [-0.3, -0.25) is 37.3 Å². The number of unbranched alkanes of at least 4 members (excludes halogenated alkanes) is 43. The predicted molar refractivity (Wildman–Crippen MR) is 400 cm³/mol. The van der Waals surface area contributed by atoms with Gasteiger partial charge in [-0.2, -0.15) is 0 Å². The quantitative estimate of drug-likeness (QED) is 0.0222. The molecule has 0 bridgehead atoms. The molecule has 0 aliphatic carbocycles. The van der Waals surface area contributed by atoms with Crippen molar-refractivity contribution in [2.75, 3.05) is 39.6 Å². The van der Waals surface area contributed by atoms with Crippen LogP contribution in [0, 0.1) is 17.8 Å². The van der Waals surface area contributed by atoms with E-state index in [4.69, 9.17) is 37.0 Å². The van der Waals surface area contributed by atoms with Gasteiger partial charge in [0.1, 0.15) is 19.3 Å². The first-order valence-electron chi connectivity index (χ1n) is 40.9. The molecule has 0 fully saturated rings. The maximum Gasteiger partial charge on any atom is 0.472 e. The van der Waals surface area contributed by atoms with E-state index in [1.807, 2.05) is 0 Å². The standard InChI is InChI=1S/C79H154O17P2/c1-8-11-12-13-14-39-46-53-60-76(81)89-66-74(95-79(84)63-56-49-42-35-29-28-32-38-45-52-59-72(7)10-3)68-93-97(85,86)91-64-73(80)65-92-98(87,88)94-69-75(67-90-77(82)61-54-47-40-33-27-23-24-30-36-43-50-57-70(4)5)96-78(83)62-55-48-41-34-26-22-20-18-16-15-17-19-21-25-31-37-44-51-58-71(6)9-2/h70-75,80H,8-69H2,1-7H3,(H,85,86)(H,87,88)/t71?,72?,73-,74+,75+/m0/s1. The van der Waals surface area contributed by atoms with E-state index >= 15 is 0 Å². The molecular formula is C79H154O17P2. The van der Waals surface area contributed by atoms with Crippen molar-refractivity contribution in [2.45, 2.75) is 426 Å². The van der Waals surface area contributed by atoms with Crippen molar-refractivity contribution in [3.8, 4) is 0 Å². The van der Waals surface area contributed by atoms with E-state index in [9.17, 15) is 43.2 Å². The number of carbonyl (C=O) groups is 4. The lowest BCUT2D eigenvalue weighted by molar-refractivity contribution is -0.161. The molecule has 3 N–H and O–H groups in total. The van der Waals surface area contributed by atoms with Gasteiger partial charge in [-0.1, -0.05) is 357 Å². The Labute approximate surface area is 600 Å². The van der Waals surface area contributed by atoms with Gasteiger partial charge in [0.25, 0.3) is 0 Å². The number of rotatable bonds is 77. The number of carbonyl (C=O) groups excluding carboxylic acids is 4. The zero-order chi connectivity index (χ0) is 72.3. The van der Waals surface area contributed by atoms with E-state index in [-0.39, 0.29) is 25.7 Å². The van der Waals surface area contributed by atoms with Crippen LogP contribution < -0.4 is 0 Å². The largest absolute Gasteiger partial charge is 0.472 e. The van der Waals surface area contributed by atoms with Gasteiger partial charge >= 0.3 is 39.5 Å². The maximum absolute atomic E-state index is 13.1. The summed E-state index contributed by atoms with van der Waals surface area (Å²) in [6.45, 7) is 12.0. The van der Waals surface area contributed by atoms with Crippen LogP contribution in [-0.4, -0.2) is 96.7 Å². The molecule has 19 heteroatoms. The number of hydrogen-bond acceptors (Lipinski definition) is 15. The molecule has 582 valence electrons. The van der Waals surface area contributed by atoms with Crippen LogP contribution in [0.15, 0.2) is 0 Å². The summed E-state index contributed by atoms with van der Waals surface area (Å²) in [6.07, 6.45) is 56.9. The third kappa shape index (κ3) is 69.8. The minimum atomic E-state index is -4.96. The highest BCUT2D eigenvalue weighted by Gasteiger charge is 2.30. The summed E-state index contributed by atoms with van der Waals surface area (Å²) >= 11 is 0. The third-order valence-electron chi connectivity index (χ3n) is 19.1. The maximum atomic E-state index is 13.1. The van der Waals surface area contributed by atoms with Crippen LogP contribution in [0.4, 0.5) is 0 Å². The van der Waals surface area contributed by atoms with E-state index < -0.39 is 97.5 Å². The van der Waals surface area contributed by atoms with Gasteiger partial charge in [-0.15, -0.1) is 0 Å². The summed E-state index contributed by atoms with van der Waals surface area (Å²) < 4.78 is 68.6. The second-order valence-electron chi connectivity index (χ2n) is 29.4. The van der Waals surface area contributed by atoms with Gasteiger partial charge in [0.2, 0.25) is 0 Å². The molecule has 4 unspecified atom stereocenters. The topological polar surface area (TPSA) is 237 Å². The lowest BCUT2D eigenvalue weighted by Gasteiger charge is -2.21. The third-order valence-corrected chi connectivity index (χ3v) is 21.0. The molecular weight excluding hydrogens is 1280 g/mol. The zero-order valence-corrected chi connectivity index (χ0v) is 66.0. The van der Waals surface area contributed by atoms with Crippen LogP contribution in [0.25, 0.3) is 0 Å². The lowest BCUT2D eigenvalue weighted by atomic mass is 9.99. The average molecular weight is 1440 g/mol. The fraction of sp³-hybridized carbons (Fsp3) is 0.949. The number of aliphatic hydroxyl groups is 1. The van der Waals surface area contributed by atoms with Crippen molar-refractivity contribution in [1.29, 1.82) is 0 Å². The Morgan fingerprint density at radius 3 is 0.776 bits per heavy atom. The molecule has 0 aromatic carbocycles. The summed E-state index contributed by atoms with van der Waals surface area (Å²) in [5.74, 6) is 0.329. The van der Waals surface area contributed by atoms with Crippen molar-refractivity contribution in [1.82, 2.24) is 0 Å². The molecule has 0 aromatic heterocycles. The van der Waals surface area contributed by atoms with Crippen molar-refractivity contribution < 1.29 is 80.2 Å². The number of aliphatic hydroxyl groups excluding tert-OH is 1. The lowest BCUT2D eigenvalue weighted by Crippen LogP contribution is -2.30. The van der Waals surface area contributed by atoms with Crippen LogP contribution in [0.5, 0.6) is 0 Å². The smallest absolute Gasteiger partial charge is 0.462 e. The molecule has 0 aliphatic heterocycles. The minimum absolute atomic E-state index is 0.106. The van der Waals surface area contributed by atoms with Gasteiger partial charge in [0.15, 0.2) is 12.2 Å². The first-order chi connectivity index (χ1) is 47.3. The van der Waals surface area contributed by atoms with Gasteiger partial charge < -0.3 is 33.8 Å². The number of hydrogen-bond donors (Lipinski definition) is 3. The summed E-state index contributed by atoms with van der Waals surface area (Å²) in [6, 6.07) is 0. The molecule has 0 saturated heterocycles. The van der Waals surface area contributed by atoms with E-state index in [2.05, 4.69) is 48.5 Å². The van der Waals surface area contributed by atoms with E-state index in [0.717, 1.165) is 114 Å². The summed E-state index contributed by atoms with van der Waals surface area (Å²) in [4.78, 5) is 72.8. The van der Waals surface area contributed by atoms with Crippen molar-refractivity contribution in [2.24, 2.45) is 17.8 Å². The Morgan fingerprint density at radius 2 is 0.520 bits per heavy atom. The molecule has 0 saturated carbocycles. The van der Waals surface area contributed by atoms with Crippen LogP contribution >= 0.6 is 15.6 Å². The average Bonchev–Trinajstić information content (AvgIpc) is 1.21. The number of ether oxygens (including phenoxy) is 4. The number of phosphoric ester groups is 2. The molecule has 98 heavy (non-hydrogen) atoms. The second kappa shape index (κ2) is 69.4. The van der Waals surface area contributed by atoms with E-state index in [0.29, 0.717) is 25.7 Å². The summed E-state index contributed by atoms with van der Waals surface area (Å²) in [5.41, 5.74) is 0. The second-order valence-corrected chi connectivity index (χ2v) is 32.3. The number of phosphoric acid groups is 2. The Morgan fingerprint density at radius 1 is 0.296 bits per heavy atom. The normalized spacial score (nSPS) is 14.6. The molecule has 0 heterocycles. The first-order valence-corrected chi connectivity index (χ1v) is 43.9. The van der Waals surface area contributed by atoms with Crippen molar-refractivity contribution >= 4 is 39.5 Å². The molecule has 0 aliphatic rings. The van der Waals surface area contributed by atoms with Crippen LogP contribution in [-0.2, 0) is 65.4 Å². The summed E-state index contributed by atoms with van der Waals surface area (Å²) in [5, 5.41) is 10.6. The minimum Gasteiger partial charge on any atom is -0.462 e. The number of esters is 4. The summed E-state index contributed by atoms with van der Waals surface area (Å²) in [7, 11) is -9.91. The molecule has 17 nitrogen and oxygen atoms in total. The van der Waals surface area contributed by atoms with Gasteiger partial charge in [0, 0.05) is 25.7 Å². The first kappa shape index (κ1) is 96.1. The predicted octanol–water partition coefficient (Wildman–Crippen LogP) is 23.4. The Balaban J connectivity index is 5.18. The van der Waals surface area contributed by atoms with Gasteiger partial charge in [0.05, 0.1) is 26.4 Å². The van der Waals surface area contributed by atoms with Crippen molar-refractivity contribution in [3.05, 3.63) is 0 Å². The SMILES string of the molecule is CCCCCCCCCCC(=O)OC[C@H](COP(=O)(O)OC[C@H](O)COP(=O)(O)OC[C@@H](COC(=O)CCCCCCCCCCCCCC(C)C)OC(=O)CCCCCCCCCCCCCCCCCCCCC(C)CC)OC(=O)CCCCCCCCCCCCC(C)CC. The molecule has 0 amide bonds. The van der Waals surface area contributed by atoms with Crippen LogP contribution in [0.3, 0.4) is 0 Å². The van der Waals surface area contributed by atoms with Crippen LogP contribution in [0.1, 0.15) is 408 Å². The van der Waals surface area contributed by atoms with Crippen molar-refractivity contribution in [3.63, 3.8) is 0 Å². The highest BCUT2D eigenvalue weighted by Crippen LogP contribution is 2.45. The van der Waals surface area contributed by atoms with E-state index in [1.54, 1.807) is 0 Å².